The van der Waals surface area contributed by atoms with Gasteiger partial charge in [0.25, 0.3) is 11.8 Å². The summed E-state index contributed by atoms with van der Waals surface area (Å²) < 4.78 is 7.21. The van der Waals surface area contributed by atoms with E-state index < -0.39 is 0 Å². The van der Waals surface area contributed by atoms with Crippen molar-refractivity contribution in [2.75, 3.05) is 31.6 Å². The lowest BCUT2D eigenvalue weighted by Gasteiger charge is -2.26. The number of amides is 2. The van der Waals surface area contributed by atoms with Gasteiger partial charge in [0.2, 0.25) is 0 Å². The lowest BCUT2D eigenvalue weighted by Crippen LogP contribution is -2.41. The Balaban J connectivity index is 1.35. The van der Waals surface area contributed by atoms with Gasteiger partial charge in [-0.3, -0.25) is 14.0 Å². The highest BCUT2D eigenvalue weighted by atomic mass is 32.1. The van der Waals surface area contributed by atoms with Crippen molar-refractivity contribution in [3.63, 3.8) is 0 Å². The third kappa shape index (κ3) is 4.85. The first-order valence-electron chi connectivity index (χ1n) is 11.7. The van der Waals surface area contributed by atoms with Gasteiger partial charge in [0, 0.05) is 41.5 Å². The molecule has 0 unspecified atom stereocenters. The quantitative estimate of drug-likeness (QED) is 0.434. The molecule has 8 heteroatoms. The van der Waals surface area contributed by atoms with E-state index in [0.29, 0.717) is 43.2 Å². The van der Waals surface area contributed by atoms with Crippen LogP contribution in [0.4, 0.5) is 5.69 Å². The zero-order valence-electron chi connectivity index (χ0n) is 20.1. The van der Waals surface area contributed by atoms with E-state index >= 15 is 0 Å². The molecule has 0 spiro atoms. The Morgan fingerprint density at radius 2 is 1.80 bits per heavy atom. The van der Waals surface area contributed by atoms with E-state index in [-0.39, 0.29) is 17.2 Å². The van der Waals surface area contributed by atoms with Crippen molar-refractivity contribution in [1.82, 2.24) is 14.3 Å². The second kappa shape index (κ2) is 9.28. The van der Waals surface area contributed by atoms with Gasteiger partial charge in [-0.2, -0.15) is 0 Å². The van der Waals surface area contributed by atoms with Crippen molar-refractivity contribution in [2.24, 2.45) is 0 Å². The van der Waals surface area contributed by atoms with Gasteiger partial charge in [-0.15, -0.1) is 11.3 Å². The molecule has 1 N–H and O–H groups in total. The molecule has 3 heterocycles. The molecular weight excluding hydrogens is 460 g/mol. The Kier molecular flexibility index (Phi) is 6.17. The normalized spacial score (nSPS) is 14.3. The molecule has 1 aliphatic rings. The third-order valence-electron chi connectivity index (χ3n) is 6.16. The number of fused-ring (bicyclic) bond motifs is 1. The second-order valence-electron chi connectivity index (χ2n) is 9.67. The summed E-state index contributed by atoms with van der Waals surface area (Å²) in [5.41, 5.74) is 4.74. The molecule has 7 nitrogen and oxygen atoms in total. The van der Waals surface area contributed by atoms with Crippen LogP contribution in [-0.4, -0.2) is 52.4 Å². The molecule has 1 saturated heterocycles. The average molecular weight is 489 g/mol. The maximum absolute atomic E-state index is 13.0. The maximum Gasteiger partial charge on any atom is 0.271 e. The summed E-state index contributed by atoms with van der Waals surface area (Å²) in [7, 11) is 0. The van der Waals surface area contributed by atoms with Gasteiger partial charge in [0.1, 0.15) is 5.69 Å². The molecule has 0 radical (unpaired) electrons. The minimum absolute atomic E-state index is 0.0120. The highest BCUT2D eigenvalue weighted by Gasteiger charge is 2.23. The van der Waals surface area contributed by atoms with Crippen LogP contribution >= 0.6 is 11.3 Å². The Morgan fingerprint density at radius 1 is 1.06 bits per heavy atom. The number of imidazole rings is 1. The highest BCUT2D eigenvalue weighted by Crippen LogP contribution is 2.27. The predicted octanol–water partition coefficient (Wildman–Crippen LogP) is 5.09. The van der Waals surface area contributed by atoms with Crippen molar-refractivity contribution < 1.29 is 14.3 Å². The highest BCUT2D eigenvalue weighted by molar-refractivity contribution is 7.15. The number of hydrogen-bond acceptors (Lipinski definition) is 5. The van der Waals surface area contributed by atoms with Crippen molar-refractivity contribution >= 4 is 33.8 Å². The van der Waals surface area contributed by atoms with Crippen LogP contribution in [0.3, 0.4) is 0 Å². The number of hydrogen-bond donors (Lipinski definition) is 1. The molecule has 0 saturated carbocycles. The summed E-state index contributed by atoms with van der Waals surface area (Å²) in [6.45, 7) is 8.76. The number of aromatic nitrogens is 2. The van der Waals surface area contributed by atoms with Gasteiger partial charge < -0.3 is 15.0 Å². The fraction of sp³-hybridized carbons (Fsp3) is 0.296. The second-order valence-corrected chi connectivity index (χ2v) is 10.5. The molecule has 4 aromatic rings. The van der Waals surface area contributed by atoms with Crippen LogP contribution in [0.1, 0.15) is 47.2 Å². The van der Waals surface area contributed by atoms with E-state index in [0.717, 1.165) is 16.2 Å². The summed E-state index contributed by atoms with van der Waals surface area (Å²) in [4.78, 5) is 33.1. The van der Waals surface area contributed by atoms with Crippen LogP contribution in [0.15, 0.2) is 60.1 Å². The summed E-state index contributed by atoms with van der Waals surface area (Å²) in [5, 5.41) is 4.84. The van der Waals surface area contributed by atoms with Gasteiger partial charge in [0.05, 0.1) is 18.9 Å². The molecule has 5 rings (SSSR count). The van der Waals surface area contributed by atoms with E-state index in [1.54, 1.807) is 0 Å². The zero-order chi connectivity index (χ0) is 24.6. The maximum atomic E-state index is 13.0. The Hall–Kier alpha value is -3.49. The summed E-state index contributed by atoms with van der Waals surface area (Å²) in [6.07, 6.45) is 1.88. The molecular formula is C27H28N4O3S. The van der Waals surface area contributed by atoms with Crippen LogP contribution in [0.5, 0.6) is 0 Å². The van der Waals surface area contributed by atoms with Gasteiger partial charge in [-0.25, -0.2) is 4.98 Å². The van der Waals surface area contributed by atoms with E-state index in [1.807, 2.05) is 69.4 Å². The first-order chi connectivity index (χ1) is 16.8. The molecule has 2 aromatic heterocycles. The van der Waals surface area contributed by atoms with Crippen LogP contribution in [-0.2, 0) is 10.2 Å². The SMILES string of the molecule is CC(C)(C)c1ccc(C(=O)Nc2cccc(-c3cn4c(C(=O)N5CCOCC5)csc4n3)c2)cc1. The molecule has 0 atom stereocenters. The first kappa shape index (κ1) is 23.3. The average Bonchev–Trinajstić information content (AvgIpc) is 3.45. The number of nitrogens with zero attached hydrogens (tertiary/aromatic N) is 3. The molecule has 1 fully saturated rings. The molecule has 2 aromatic carbocycles. The molecule has 0 aliphatic carbocycles. The minimum Gasteiger partial charge on any atom is -0.378 e. The number of benzene rings is 2. The number of carbonyl (C=O) groups excluding carboxylic acids is 2. The summed E-state index contributed by atoms with van der Waals surface area (Å²) in [5.74, 6) is -0.172. The smallest absolute Gasteiger partial charge is 0.271 e. The molecule has 0 bridgehead atoms. The fourth-order valence-electron chi connectivity index (χ4n) is 4.09. The van der Waals surface area contributed by atoms with Crippen molar-refractivity contribution in [3.05, 3.63) is 76.9 Å². The Morgan fingerprint density at radius 3 is 2.51 bits per heavy atom. The van der Waals surface area contributed by atoms with Crippen LogP contribution < -0.4 is 5.32 Å². The fourth-order valence-corrected chi connectivity index (χ4v) is 4.93. The van der Waals surface area contributed by atoms with Gasteiger partial charge >= 0.3 is 0 Å². The number of thiazole rings is 1. The standard InChI is InChI=1S/C27H28N4O3S/c1-27(2,3)20-9-7-18(8-10-20)24(32)28-21-6-4-5-19(15-21)22-16-31-23(17-35-26(31)29-22)25(33)30-11-13-34-14-12-30/h4-10,15-17H,11-14H2,1-3H3,(H,28,32). The van der Waals surface area contributed by atoms with E-state index in [4.69, 9.17) is 9.72 Å². The van der Waals surface area contributed by atoms with Gasteiger partial charge in [-0.1, -0.05) is 45.0 Å². The van der Waals surface area contributed by atoms with Crippen molar-refractivity contribution in [3.8, 4) is 11.3 Å². The summed E-state index contributed by atoms with van der Waals surface area (Å²) in [6, 6.07) is 15.3. The van der Waals surface area contributed by atoms with Gasteiger partial charge in [0.15, 0.2) is 4.96 Å². The van der Waals surface area contributed by atoms with E-state index in [1.165, 1.54) is 16.9 Å². The largest absolute Gasteiger partial charge is 0.378 e. The minimum atomic E-state index is -0.160. The van der Waals surface area contributed by atoms with Crippen molar-refractivity contribution in [2.45, 2.75) is 26.2 Å². The monoisotopic (exact) mass is 488 g/mol. The van der Waals surface area contributed by atoms with Crippen molar-refractivity contribution in [1.29, 1.82) is 0 Å². The number of carbonyl (C=O) groups is 2. The number of nitrogens with one attached hydrogen (secondary N) is 1. The molecule has 180 valence electrons. The summed E-state index contributed by atoms with van der Waals surface area (Å²) >= 11 is 1.44. The molecule has 1 aliphatic heterocycles. The Labute approximate surface area is 208 Å². The van der Waals surface area contributed by atoms with Crippen LogP contribution in [0.2, 0.25) is 0 Å². The lowest BCUT2D eigenvalue weighted by atomic mass is 9.87. The Bertz CT molecular complexity index is 1380. The zero-order valence-corrected chi connectivity index (χ0v) is 20.9. The number of ether oxygens (including phenoxy) is 1. The van der Waals surface area contributed by atoms with Gasteiger partial charge in [-0.05, 0) is 35.2 Å². The molecule has 35 heavy (non-hydrogen) atoms. The first-order valence-corrected chi connectivity index (χ1v) is 12.5. The third-order valence-corrected chi connectivity index (χ3v) is 7.00. The van der Waals surface area contributed by atoms with Crippen LogP contribution in [0, 0.1) is 0 Å². The van der Waals surface area contributed by atoms with E-state index in [9.17, 15) is 9.59 Å². The number of rotatable bonds is 4. The van der Waals surface area contributed by atoms with Crippen LogP contribution in [0.25, 0.3) is 16.2 Å². The lowest BCUT2D eigenvalue weighted by molar-refractivity contribution is 0.0298. The number of anilines is 1. The predicted molar refractivity (Wildman–Crippen MR) is 138 cm³/mol. The van der Waals surface area contributed by atoms with E-state index in [2.05, 4.69) is 26.1 Å². The number of morpholine rings is 1. The molecule has 2 amide bonds. The topological polar surface area (TPSA) is 75.9 Å².